The Labute approximate surface area is 130 Å². The van der Waals surface area contributed by atoms with Gasteiger partial charge in [0.1, 0.15) is 22.3 Å². The van der Waals surface area contributed by atoms with Crippen LogP contribution in [0.25, 0.3) is 16.2 Å². The number of fused-ring (bicyclic) bond motifs is 1. The minimum Gasteiger partial charge on any atom is -0.390 e. The molecule has 3 rings (SSSR count). The maximum atomic E-state index is 14.0. The number of aromatic nitrogens is 3. The Kier molecular flexibility index (Phi) is 3.49. The molecule has 0 fully saturated rings. The summed E-state index contributed by atoms with van der Waals surface area (Å²) in [6, 6.07) is 3.17. The topological polar surface area (TPSA) is 50.4 Å². The van der Waals surface area contributed by atoms with Crippen LogP contribution in [0.5, 0.6) is 0 Å². The molecule has 0 amide bonds. The van der Waals surface area contributed by atoms with Gasteiger partial charge in [0.2, 0.25) is 4.96 Å². The Bertz CT molecular complexity index is 848. The highest BCUT2D eigenvalue weighted by atomic mass is 32.1. The minimum absolute atomic E-state index is 0.0269. The Morgan fingerprint density at radius 2 is 2.00 bits per heavy atom. The van der Waals surface area contributed by atoms with Crippen LogP contribution in [-0.4, -0.2) is 19.7 Å². The number of benzene rings is 1. The molecule has 3 aromatic rings. The molecule has 0 atom stereocenters. The molecule has 22 heavy (non-hydrogen) atoms. The van der Waals surface area contributed by atoms with Crippen LogP contribution in [0.3, 0.4) is 0 Å². The number of aliphatic hydroxyl groups is 1. The molecule has 116 valence electrons. The molecule has 0 aliphatic rings. The first-order valence-electron chi connectivity index (χ1n) is 6.76. The Balaban J connectivity index is 2.23. The van der Waals surface area contributed by atoms with Crippen LogP contribution in [0.4, 0.5) is 8.78 Å². The lowest BCUT2D eigenvalue weighted by atomic mass is 9.98. The maximum absolute atomic E-state index is 14.0. The van der Waals surface area contributed by atoms with Crippen molar-refractivity contribution in [3.05, 3.63) is 40.5 Å². The van der Waals surface area contributed by atoms with Gasteiger partial charge in [0.05, 0.1) is 12.3 Å². The third-order valence-corrected chi connectivity index (χ3v) is 4.61. The molecule has 1 aromatic carbocycles. The van der Waals surface area contributed by atoms with Gasteiger partial charge in [-0.3, -0.25) is 0 Å². The highest BCUT2D eigenvalue weighted by Crippen LogP contribution is 2.32. The summed E-state index contributed by atoms with van der Waals surface area (Å²) in [5, 5.41) is 14.9. The van der Waals surface area contributed by atoms with Crippen LogP contribution >= 0.6 is 11.3 Å². The van der Waals surface area contributed by atoms with Crippen LogP contribution in [0.2, 0.25) is 0 Å². The largest absolute Gasteiger partial charge is 0.390 e. The second kappa shape index (κ2) is 5.10. The summed E-state index contributed by atoms with van der Waals surface area (Å²) in [5.74, 6) is -1.14. The van der Waals surface area contributed by atoms with Crippen molar-refractivity contribution < 1.29 is 13.9 Å². The summed E-state index contributed by atoms with van der Waals surface area (Å²) in [4.78, 5) is 4.89. The smallest absolute Gasteiger partial charge is 0.213 e. The lowest BCUT2D eigenvalue weighted by Crippen LogP contribution is -2.11. The van der Waals surface area contributed by atoms with E-state index in [0.717, 1.165) is 23.2 Å². The molecule has 0 saturated carbocycles. The summed E-state index contributed by atoms with van der Waals surface area (Å²) in [7, 11) is 0. The van der Waals surface area contributed by atoms with E-state index >= 15 is 0 Å². The molecule has 4 nitrogen and oxygen atoms in total. The predicted octanol–water partition coefficient (Wildman–Crippen LogP) is 3.53. The third kappa shape index (κ3) is 2.40. The van der Waals surface area contributed by atoms with Crippen molar-refractivity contribution in [1.29, 1.82) is 0 Å². The fraction of sp³-hybridized carbons (Fsp3) is 0.333. The van der Waals surface area contributed by atoms with Crippen LogP contribution in [0, 0.1) is 11.6 Å². The van der Waals surface area contributed by atoms with Crippen molar-refractivity contribution in [2.24, 2.45) is 0 Å². The second-order valence-electron chi connectivity index (χ2n) is 6.04. The van der Waals surface area contributed by atoms with Crippen LogP contribution in [0.15, 0.2) is 18.2 Å². The zero-order chi connectivity index (χ0) is 16.1. The maximum Gasteiger partial charge on any atom is 0.213 e. The summed E-state index contributed by atoms with van der Waals surface area (Å²) in [6.07, 6.45) is 0. The van der Waals surface area contributed by atoms with Crippen LogP contribution in [0.1, 0.15) is 31.5 Å². The van der Waals surface area contributed by atoms with E-state index in [2.05, 4.69) is 10.1 Å². The van der Waals surface area contributed by atoms with Gasteiger partial charge in [0, 0.05) is 11.0 Å². The molecule has 0 aliphatic heterocycles. The fourth-order valence-corrected chi connectivity index (χ4v) is 3.11. The lowest BCUT2D eigenvalue weighted by molar-refractivity contribution is 0.274. The van der Waals surface area contributed by atoms with Gasteiger partial charge in [-0.05, 0) is 18.2 Å². The van der Waals surface area contributed by atoms with E-state index in [1.165, 1.54) is 15.9 Å². The zero-order valence-electron chi connectivity index (χ0n) is 12.4. The second-order valence-corrected chi connectivity index (χ2v) is 7.00. The summed E-state index contributed by atoms with van der Waals surface area (Å²) < 4.78 is 28.9. The van der Waals surface area contributed by atoms with Gasteiger partial charge in [-0.2, -0.15) is 5.10 Å². The van der Waals surface area contributed by atoms with Gasteiger partial charge >= 0.3 is 0 Å². The third-order valence-electron chi connectivity index (χ3n) is 3.27. The number of hydrogen-bond donors (Lipinski definition) is 1. The molecule has 0 aliphatic carbocycles. The minimum atomic E-state index is -0.585. The molecule has 1 N–H and O–H groups in total. The summed E-state index contributed by atoms with van der Waals surface area (Å²) in [5.41, 5.74) is 0.451. The molecular weight excluding hydrogens is 308 g/mol. The van der Waals surface area contributed by atoms with Crippen molar-refractivity contribution >= 4 is 16.3 Å². The number of imidazole rings is 1. The molecule has 0 spiro atoms. The highest BCUT2D eigenvalue weighted by Gasteiger charge is 2.24. The first-order valence-corrected chi connectivity index (χ1v) is 7.58. The van der Waals surface area contributed by atoms with Crippen LogP contribution < -0.4 is 0 Å². The zero-order valence-corrected chi connectivity index (χ0v) is 13.2. The van der Waals surface area contributed by atoms with Crippen molar-refractivity contribution in [2.75, 3.05) is 0 Å². The van der Waals surface area contributed by atoms with Crippen molar-refractivity contribution in [3.63, 3.8) is 0 Å². The average Bonchev–Trinajstić information content (AvgIpc) is 2.98. The molecular formula is C15H15F2N3OS. The summed E-state index contributed by atoms with van der Waals surface area (Å²) >= 11 is 1.37. The van der Waals surface area contributed by atoms with Gasteiger partial charge in [-0.15, -0.1) is 0 Å². The molecule has 0 radical (unpaired) electrons. The quantitative estimate of drug-likeness (QED) is 0.785. The van der Waals surface area contributed by atoms with Gasteiger partial charge < -0.3 is 5.11 Å². The number of rotatable bonds is 2. The molecule has 2 aromatic heterocycles. The molecule has 2 heterocycles. The number of halogens is 2. The monoisotopic (exact) mass is 323 g/mol. The van der Waals surface area contributed by atoms with Crippen molar-refractivity contribution in [1.82, 2.24) is 14.6 Å². The molecule has 0 bridgehead atoms. The van der Waals surface area contributed by atoms with E-state index < -0.39 is 11.6 Å². The van der Waals surface area contributed by atoms with Crippen molar-refractivity contribution in [3.8, 4) is 11.3 Å². The normalized spacial score (nSPS) is 12.3. The van der Waals surface area contributed by atoms with E-state index in [-0.39, 0.29) is 23.3 Å². The standard InChI is InChI=1S/C15H15F2N3OS/c1-15(2,3)13-19-20-11(7-21)12(18-14(20)22-13)9-6-8(16)4-5-10(9)17/h4-6,21H,7H2,1-3H3. The number of nitrogens with zero attached hydrogens (tertiary/aromatic N) is 3. The van der Waals surface area contributed by atoms with E-state index in [1.54, 1.807) is 0 Å². The fourth-order valence-electron chi connectivity index (χ4n) is 2.13. The van der Waals surface area contributed by atoms with Gasteiger partial charge in [-0.1, -0.05) is 32.1 Å². The first-order chi connectivity index (χ1) is 10.3. The van der Waals surface area contributed by atoms with Gasteiger partial charge in [0.25, 0.3) is 0 Å². The van der Waals surface area contributed by atoms with E-state index in [0.29, 0.717) is 10.7 Å². The number of hydrogen-bond acceptors (Lipinski definition) is 4. The number of aliphatic hydroxyl groups excluding tert-OH is 1. The first kappa shape index (κ1) is 15.1. The Hall–Kier alpha value is -1.86. The van der Waals surface area contributed by atoms with E-state index in [9.17, 15) is 13.9 Å². The van der Waals surface area contributed by atoms with E-state index in [4.69, 9.17) is 0 Å². The summed E-state index contributed by atoms with van der Waals surface area (Å²) in [6.45, 7) is 5.71. The molecule has 0 saturated heterocycles. The van der Waals surface area contributed by atoms with E-state index in [1.807, 2.05) is 20.8 Å². The lowest BCUT2D eigenvalue weighted by Gasteiger charge is -2.12. The average molecular weight is 323 g/mol. The SMILES string of the molecule is CC(C)(C)c1nn2c(CO)c(-c3cc(F)ccc3F)nc2s1. The Morgan fingerprint density at radius 3 is 2.64 bits per heavy atom. The predicted molar refractivity (Wildman–Crippen MR) is 80.8 cm³/mol. The van der Waals surface area contributed by atoms with Crippen molar-refractivity contribution in [2.45, 2.75) is 32.8 Å². The van der Waals surface area contributed by atoms with Gasteiger partial charge in [0.15, 0.2) is 0 Å². The Morgan fingerprint density at radius 1 is 1.27 bits per heavy atom. The highest BCUT2D eigenvalue weighted by molar-refractivity contribution is 7.16. The molecule has 0 unspecified atom stereocenters. The van der Waals surface area contributed by atoms with Crippen LogP contribution in [-0.2, 0) is 12.0 Å². The molecule has 7 heteroatoms. The van der Waals surface area contributed by atoms with Gasteiger partial charge in [-0.25, -0.2) is 18.3 Å².